The van der Waals surface area contributed by atoms with Crippen molar-refractivity contribution in [3.63, 3.8) is 0 Å². The number of H-pyrrole nitrogens is 2. The van der Waals surface area contributed by atoms with Crippen LogP contribution in [0.1, 0.15) is 17.0 Å². The Morgan fingerprint density at radius 2 is 1.95 bits per heavy atom. The number of aromatic amines is 2. The molecule has 0 bridgehead atoms. The SMILES string of the molecule is O=c1[nH]c(=S)[nH]c2c1[C@H]1c3ccccc3OC[C@H]1CO2. The first-order valence-electron chi connectivity index (χ1n) is 6.45. The van der Waals surface area contributed by atoms with Gasteiger partial charge in [0.2, 0.25) is 5.88 Å². The number of para-hydroxylation sites is 1. The highest BCUT2D eigenvalue weighted by Crippen LogP contribution is 2.44. The third-order valence-electron chi connectivity index (χ3n) is 3.87. The first-order valence-corrected chi connectivity index (χ1v) is 6.86. The zero-order chi connectivity index (χ0) is 13.7. The topological polar surface area (TPSA) is 67.1 Å². The quantitative estimate of drug-likeness (QED) is 0.727. The van der Waals surface area contributed by atoms with Gasteiger partial charge in [-0.15, -0.1) is 0 Å². The molecule has 102 valence electrons. The first kappa shape index (κ1) is 11.7. The summed E-state index contributed by atoms with van der Waals surface area (Å²) in [4.78, 5) is 17.9. The van der Waals surface area contributed by atoms with Crippen LogP contribution < -0.4 is 15.0 Å². The zero-order valence-electron chi connectivity index (χ0n) is 10.5. The van der Waals surface area contributed by atoms with Gasteiger partial charge in [0.05, 0.1) is 18.8 Å². The van der Waals surface area contributed by atoms with E-state index in [1.807, 2.05) is 24.3 Å². The minimum absolute atomic E-state index is 0.0145. The second-order valence-corrected chi connectivity index (χ2v) is 5.46. The van der Waals surface area contributed by atoms with Crippen LogP contribution in [-0.4, -0.2) is 23.2 Å². The van der Waals surface area contributed by atoms with Gasteiger partial charge in [-0.1, -0.05) is 18.2 Å². The lowest BCUT2D eigenvalue weighted by Gasteiger charge is -2.36. The van der Waals surface area contributed by atoms with Crippen molar-refractivity contribution >= 4 is 12.2 Å². The fourth-order valence-corrected chi connectivity index (χ4v) is 3.20. The Balaban J connectivity index is 1.99. The van der Waals surface area contributed by atoms with Gasteiger partial charge in [0.15, 0.2) is 4.77 Å². The van der Waals surface area contributed by atoms with Gasteiger partial charge in [-0.25, -0.2) is 0 Å². The van der Waals surface area contributed by atoms with E-state index in [0.29, 0.717) is 24.7 Å². The molecular weight excluding hydrogens is 276 g/mol. The molecule has 0 spiro atoms. The van der Waals surface area contributed by atoms with Crippen molar-refractivity contribution < 1.29 is 9.47 Å². The first-order chi connectivity index (χ1) is 9.74. The van der Waals surface area contributed by atoms with E-state index in [-0.39, 0.29) is 22.2 Å². The molecule has 5 nitrogen and oxygen atoms in total. The van der Waals surface area contributed by atoms with Crippen molar-refractivity contribution in [1.29, 1.82) is 0 Å². The molecule has 2 aliphatic heterocycles. The van der Waals surface area contributed by atoms with Gasteiger partial charge in [0.1, 0.15) is 5.75 Å². The molecule has 3 heterocycles. The third kappa shape index (κ3) is 1.61. The number of benzene rings is 1. The van der Waals surface area contributed by atoms with Gasteiger partial charge >= 0.3 is 0 Å². The fourth-order valence-electron chi connectivity index (χ4n) is 3.01. The van der Waals surface area contributed by atoms with E-state index in [4.69, 9.17) is 21.7 Å². The number of rotatable bonds is 0. The average Bonchev–Trinajstić information content (AvgIpc) is 2.46. The normalized spacial score (nSPS) is 22.8. The van der Waals surface area contributed by atoms with E-state index in [1.165, 1.54) is 0 Å². The molecule has 0 amide bonds. The van der Waals surface area contributed by atoms with Crippen molar-refractivity contribution in [2.24, 2.45) is 5.92 Å². The lowest BCUT2D eigenvalue weighted by atomic mass is 9.79. The molecule has 2 N–H and O–H groups in total. The van der Waals surface area contributed by atoms with Crippen LogP contribution in [-0.2, 0) is 0 Å². The Kier molecular flexibility index (Phi) is 2.47. The fraction of sp³-hybridized carbons (Fsp3) is 0.286. The molecule has 2 atom stereocenters. The van der Waals surface area contributed by atoms with Crippen molar-refractivity contribution in [3.05, 3.63) is 50.5 Å². The van der Waals surface area contributed by atoms with Crippen LogP contribution in [0.3, 0.4) is 0 Å². The molecular formula is C14H12N2O3S. The maximum absolute atomic E-state index is 12.3. The van der Waals surface area contributed by atoms with Gasteiger partial charge in [-0.3, -0.25) is 9.78 Å². The van der Waals surface area contributed by atoms with E-state index in [2.05, 4.69) is 9.97 Å². The summed E-state index contributed by atoms with van der Waals surface area (Å²) in [5.74, 6) is 1.45. The highest BCUT2D eigenvalue weighted by molar-refractivity contribution is 7.71. The standard InChI is InChI=1S/C14H12N2O3S/c17-12-11-10-7(6-19-13(11)16-14(20)15-12)5-18-9-4-2-1-3-8(9)10/h1-4,7,10H,5-6H2,(H2,15,16,17,20)/t7-,10+/m0/s1. The summed E-state index contributed by atoms with van der Waals surface area (Å²) in [6, 6.07) is 7.82. The molecule has 0 saturated carbocycles. The molecule has 4 rings (SSSR count). The van der Waals surface area contributed by atoms with E-state index in [9.17, 15) is 4.79 Å². The number of aromatic nitrogens is 2. The highest BCUT2D eigenvalue weighted by Gasteiger charge is 2.39. The Morgan fingerprint density at radius 1 is 1.15 bits per heavy atom. The maximum Gasteiger partial charge on any atom is 0.259 e. The number of hydrogen-bond acceptors (Lipinski definition) is 4. The lowest BCUT2D eigenvalue weighted by Crippen LogP contribution is -2.38. The summed E-state index contributed by atoms with van der Waals surface area (Å²) < 4.78 is 11.7. The predicted molar refractivity (Wildman–Crippen MR) is 75.0 cm³/mol. The van der Waals surface area contributed by atoms with E-state index < -0.39 is 0 Å². The number of ether oxygens (including phenoxy) is 2. The van der Waals surface area contributed by atoms with Gasteiger partial charge < -0.3 is 14.5 Å². The summed E-state index contributed by atoms with van der Waals surface area (Å²) >= 11 is 4.99. The van der Waals surface area contributed by atoms with Crippen molar-refractivity contribution in [2.75, 3.05) is 13.2 Å². The Hall–Kier alpha value is -2.08. The maximum atomic E-state index is 12.3. The van der Waals surface area contributed by atoms with Crippen LogP contribution in [0, 0.1) is 10.7 Å². The Bertz CT molecular complexity index is 795. The van der Waals surface area contributed by atoms with Crippen LogP contribution in [0.25, 0.3) is 0 Å². The predicted octanol–water partition coefficient (Wildman–Crippen LogP) is 1.97. The molecule has 1 aromatic carbocycles. The lowest BCUT2D eigenvalue weighted by molar-refractivity contribution is 0.121. The summed E-state index contributed by atoms with van der Waals surface area (Å²) in [5.41, 5.74) is 1.46. The smallest absolute Gasteiger partial charge is 0.259 e. The second kappa shape index (κ2) is 4.21. The average molecular weight is 288 g/mol. The molecule has 6 heteroatoms. The minimum Gasteiger partial charge on any atom is -0.493 e. The molecule has 2 aromatic rings. The summed E-state index contributed by atoms with van der Waals surface area (Å²) in [7, 11) is 0. The van der Waals surface area contributed by atoms with E-state index in [1.54, 1.807) is 0 Å². The Labute approximate surface area is 119 Å². The molecule has 20 heavy (non-hydrogen) atoms. The van der Waals surface area contributed by atoms with E-state index in [0.717, 1.165) is 11.3 Å². The molecule has 0 saturated heterocycles. The van der Waals surface area contributed by atoms with Crippen molar-refractivity contribution in [1.82, 2.24) is 9.97 Å². The molecule has 2 aliphatic rings. The molecule has 0 radical (unpaired) electrons. The second-order valence-electron chi connectivity index (χ2n) is 5.05. The largest absolute Gasteiger partial charge is 0.493 e. The van der Waals surface area contributed by atoms with Crippen molar-refractivity contribution in [3.8, 4) is 11.6 Å². The van der Waals surface area contributed by atoms with Crippen LogP contribution in [0.15, 0.2) is 29.1 Å². The minimum atomic E-state index is -0.185. The van der Waals surface area contributed by atoms with Crippen LogP contribution in [0.5, 0.6) is 11.6 Å². The molecule has 0 fully saturated rings. The number of nitrogens with one attached hydrogen (secondary N) is 2. The third-order valence-corrected chi connectivity index (χ3v) is 4.08. The van der Waals surface area contributed by atoms with Crippen LogP contribution in [0.4, 0.5) is 0 Å². The van der Waals surface area contributed by atoms with Crippen LogP contribution >= 0.6 is 12.2 Å². The summed E-state index contributed by atoms with van der Waals surface area (Å²) in [6.07, 6.45) is 0. The van der Waals surface area contributed by atoms with Crippen LogP contribution in [0.2, 0.25) is 0 Å². The number of fused-ring (bicyclic) bond motifs is 5. The highest BCUT2D eigenvalue weighted by atomic mass is 32.1. The molecule has 0 unspecified atom stereocenters. The summed E-state index contributed by atoms with van der Waals surface area (Å²) in [5, 5.41) is 0. The zero-order valence-corrected chi connectivity index (χ0v) is 11.3. The summed E-state index contributed by atoms with van der Waals surface area (Å²) in [6.45, 7) is 1.07. The van der Waals surface area contributed by atoms with E-state index >= 15 is 0 Å². The molecule has 1 aromatic heterocycles. The van der Waals surface area contributed by atoms with Gasteiger partial charge in [0, 0.05) is 17.4 Å². The van der Waals surface area contributed by atoms with Gasteiger partial charge in [-0.05, 0) is 18.3 Å². The van der Waals surface area contributed by atoms with Crippen molar-refractivity contribution in [2.45, 2.75) is 5.92 Å². The monoisotopic (exact) mass is 288 g/mol. The molecule has 0 aliphatic carbocycles. The van der Waals surface area contributed by atoms with Gasteiger partial charge in [0.25, 0.3) is 5.56 Å². The van der Waals surface area contributed by atoms with Gasteiger partial charge in [-0.2, -0.15) is 0 Å². The number of hydrogen-bond donors (Lipinski definition) is 2. The Morgan fingerprint density at radius 3 is 2.85 bits per heavy atom.